The molecule has 2 rings (SSSR count). The van der Waals surface area contributed by atoms with E-state index in [2.05, 4.69) is 4.98 Å². The molecule has 0 radical (unpaired) electrons. The molecule has 148 valence electrons. The number of nitrogen functional groups attached to an aromatic ring is 1. The number of nitrogens with zero attached hydrogens (tertiary/aromatic N) is 3. The average molecular weight is 375 g/mol. The Morgan fingerprint density at radius 2 is 2.04 bits per heavy atom. The molecular weight excluding hydrogens is 346 g/mol. The van der Waals surface area contributed by atoms with E-state index in [1.807, 2.05) is 20.8 Å². The van der Waals surface area contributed by atoms with Crippen molar-refractivity contribution in [3.8, 4) is 0 Å². The van der Waals surface area contributed by atoms with Crippen molar-refractivity contribution in [1.82, 2.24) is 14.1 Å². The zero-order chi connectivity index (χ0) is 20.1. The van der Waals surface area contributed by atoms with Crippen molar-refractivity contribution in [3.63, 3.8) is 0 Å². The van der Waals surface area contributed by atoms with Gasteiger partial charge in [-0.3, -0.25) is 24.0 Å². The first kappa shape index (κ1) is 20.5. The highest BCUT2D eigenvalue weighted by Gasteiger charge is 2.26. The first-order valence-electron chi connectivity index (χ1n) is 9.33. The van der Waals surface area contributed by atoms with Crippen LogP contribution in [0.3, 0.4) is 0 Å². The highest BCUT2D eigenvalue weighted by molar-refractivity contribution is 6.06. The van der Waals surface area contributed by atoms with Gasteiger partial charge in [0.15, 0.2) is 5.69 Å². The Balaban J connectivity index is 2.58. The van der Waals surface area contributed by atoms with Crippen molar-refractivity contribution < 1.29 is 4.79 Å². The second kappa shape index (κ2) is 8.75. The number of amides is 1. The lowest BCUT2D eigenvalue weighted by molar-refractivity contribution is 0.0977. The van der Waals surface area contributed by atoms with Gasteiger partial charge in [-0.05, 0) is 30.9 Å². The minimum atomic E-state index is -0.642. The number of unbranched alkanes of at least 4 members (excludes halogenated alkanes) is 1. The van der Waals surface area contributed by atoms with Gasteiger partial charge in [0.05, 0.1) is 0 Å². The maximum Gasteiger partial charge on any atom is 0.330 e. The fourth-order valence-electron chi connectivity index (χ4n) is 2.90. The van der Waals surface area contributed by atoms with Crippen molar-refractivity contribution in [2.45, 2.75) is 46.6 Å². The van der Waals surface area contributed by atoms with E-state index in [9.17, 15) is 14.4 Å². The van der Waals surface area contributed by atoms with Crippen molar-refractivity contribution in [2.75, 3.05) is 17.2 Å². The normalized spacial score (nSPS) is 11.1. The van der Waals surface area contributed by atoms with Crippen LogP contribution in [-0.4, -0.2) is 26.6 Å². The van der Waals surface area contributed by atoms with Gasteiger partial charge in [0.25, 0.3) is 11.5 Å². The topological polar surface area (TPSA) is 106 Å². The molecule has 0 unspecified atom stereocenters. The predicted octanol–water partition coefficient (Wildman–Crippen LogP) is 1.95. The van der Waals surface area contributed by atoms with Gasteiger partial charge in [-0.1, -0.05) is 27.2 Å². The Kier molecular flexibility index (Phi) is 6.65. The number of hydrogen-bond acceptors (Lipinski definition) is 4. The number of aryl methyl sites for hydroxylation is 1. The summed E-state index contributed by atoms with van der Waals surface area (Å²) in [6.45, 7) is 6.81. The van der Waals surface area contributed by atoms with Crippen molar-refractivity contribution in [1.29, 1.82) is 0 Å². The maximum atomic E-state index is 13.2. The summed E-state index contributed by atoms with van der Waals surface area (Å²) in [6, 6.07) is 3.46. The molecule has 0 fully saturated rings. The Hall–Kier alpha value is -2.77. The predicted molar refractivity (Wildman–Crippen MR) is 107 cm³/mol. The molecule has 0 saturated heterocycles. The molecule has 0 bridgehead atoms. The van der Waals surface area contributed by atoms with Gasteiger partial charge in [0.1, 0.15) is 11.5 Å². The Labute approximate surface area is 158 Å². The van der Waals surface area contributed by atoms with Gasteiger partial charge < -0.3 is 10.3 Å². The first-order chi connectivity index (χ1) is 12.8. The fourth-order valence-corrected chi connectivity index (χ4v) is 2.90. The lowest BCUT2D eigenvalue weighted by Crippen LogP contribution is -2.42. The monoisotopic (exact) mass is 375 g/mol. The van der Waals surface area contributed by atoms with E-state index in [0.717, 1.165) is 12.8 Å². The van der Waals surface area contributed by atoms with E-state index in [0.29, 0.717) is 31.1 Å². The molecule has 0 aliphatic heterocycles. The average Bonchev–Trinajstić information content (AvgIpc) is 3.02. The van der Waals surface area contributed by atoms with E-state index in [4.69, 9.17) is 5.73 Å². The zero-order valence-corrected chi connectivity index (χ0v) is 16.5. The molecule has 0 aromatic carbocycles. The van der Waals surface area contributed by atoms with Crippen LogP contribution in [0.2, 0.25) is 0 Å². The number of anilines is 2. The van der Waals surface area contributed by atoms with Gasteiger partial charge in [-0.15, -0.1) is 0 Å². The molecule has 0 atom stereocenters. The van der Waals surface area contributed by atoms with E-state index < -0.39 is 11.2 Å². The van der Waals surface area contributed by atoms with Gasteiger partial charge in [-0.2, -0.15) is 0 Å². The van der Waals surface area contributed by atoms with Gasteiger partial charge >= 0.3 is 5.69 Å². The van der Waals surface area contributed by atoms with Crippen LogP contribution >= 0.6 is 0 Å². The van der Waals surface area contributed by atoms with Crippen LogP contribution < -0.4 is 21.9 Å². The van der Waals surface area contributed by atoms with Crippen LogP contribution in [0.25, 0.3) is 0 Å². The van der Waals surface area contributed by atoms with Crippen LogP contribution in [0.1, 0.15) is 50.5 Å². The molecule has 2 aromatic heterocycles. The number of hydrogen-bond donors (Lipinski definition) is 2. The van der Waals surface area contributed by atoms with Crippen LogP contribution in [0.15, 0.2) is 27.9 Å². The van der Waals surface area contributed by atoms with Crippen molar-refractivity contribution in [2.24, 2.45) is 13.0 Å². The number of aromatic amines is 1. The van der Waals surface area contributed by atoms with E-state index in [1.54, 1.807) is 29.9 Å². The number of rotatable bonds is 8. The highest BCUT2D eigenvalue weighted by atomic mass is 16.2. The molecule has 2 heterocycles. The minimum absolute atomic E-state index is 0.0310. The number of aromatic nitrogens is 3. The SMILES string of the molecule is CCCCn1c(N)c(N(CCC(C)C)C(=O)c2cccn2C)c(=O)[nH]c1=O. The molecule has 8 nitrogen and oxygen atoms in total. The lowest BCUT2D eigenvalue weighted by atomic mass is 10.1. The maximum absolute atomic E-state index is 13.2. The van der Waals surface area contributed by atoms with Crippen LogP contribution in [0.4, 0.5) is 11.5 Å². The molecular formula is C19H29N5O3. The molecule has 0 aliphatic rings. The molecule has 0 aliphatic carbocycles. The third kappa shape index (κ3) is 4.50. The quantitative estimate of drug-likeness (QED) is 0.735. The summed E-state index contributed by atoms with van der Waals surface area (Å²) in [7, 11) is 1.77. The van der Waals surface area contributed by atoms with E-state index in [-0.39, 0.29) is 17.4 Å². The number of carbonyl (C=O) groups excluding carboxylic acids is 1. The summed E-state index contributed by atoms with van der Waals surface area (Å²) < 4.78 is 3.03. The molecule has 8 heteroatoms. The Morgan fingerprint density at radius 1 is 1.33 bits per heavy atom. The number of nitrogens with two attached hydrogens (primary N) is 1. The summed E-state index contributed by atoms with van der Waals surface area (Å²) in [5.74, 6) is 0.0459. The molecule has 0 saturated carbocycles. The number of H-pyrrole nitrogens is 1. The second-order valence-electron chi connectivity index (χ2n) is 7.14. The van der Waals surface area contributed by atoms with E-state index >= 15 is 0 Å². The lowest BCUT2D eigenvalue weighted by Gasteiger charge is -2.25. The summed E-state index contributed by atoms with van der Waals surface area (Å²) in [4.78, 5) is 41.6. The highest BCUT2D eigenvalue weighted by Crippen LogP contribution is 2.21. The zero-order valence-electron chi connectivity index (χ0n) is 16.5. The smallest absolute Gasteiger partial charge is 0.330 e. The Bertz CT molecular complexity index is 907. The molecule has 2 aromatic rings. The number of carbonyl (C=O) groups is 1. The van der Waals surface area contributed by atoms with E-state index in [1.165, 1.54) is 9.47 Å². The minimum Gasteiger partial charge on any atom is -0.383 e. The molecule has 27 heavy (non-hydrogen) atoms. The summed E-state index contributed by atoms with van der Waals surface area (Å²) in [5, 5.41) is 0. The van der Waals surface area contributed by atoms with Crippen LogP contribution in [-0.2, 0) is 13.6 Å². The Morgan fingerprint density at radius 3 is 2.59 bits per heavy atom. The first-order valence-corrected chi connectivity index (χ1v) is 9.33. The number of nitrogens with one attached hydrogen (secondary N) is 1. The molecule has 0 spiro atoms. The van der Waals surface area contributed by atoms with Crippen molar-refractivity contribution >= 4 is 17.4 Å². The van der Waals surface area contributed by atoms with Crippen molar-refractivity contribution in [3.05, 3.63) is 44.9 Å². The second-order valence-corrected chi connectivity index (χ2v) is 7.14. The summed E-state index contributed by atoms with van der Waals surface area (Å²) in [6.07, 6.45) is 4.08. The fraction of sp³-hybridized carbons (Fsp3) is 0.526. The molecule has 1 amide bonds. The van der Waals surface area contributed by atoms with Gasteiger partial charge in [0.2, 0.25) is 0 Å². The molecule has 3 N–H and O–H groups in total. The third-order valence-electron chi connectivity index (χ3n) is 4.56. The largest absolute Gasteiger partial charge is 0.383 e. The third-order valence-corrected chi connectivity index (χ3v) is 4.56. The summed E-state index contributed by atoms with van der Waals surface area (Å²) >= 11 is 0. The summed E-state index contributed by atoms with van der Waals surface area (Å²) in [5.41, 5.74) is 5.50. The van der Waals surface area contributed by atoms with Crippen LogP contribution in [0.5, 0.6) is 0 Å². The van der Waals surface area contributed by atoms with Crippen LogP contribution in [0, 0.1) is 5.92 Å². The standard InChI is InChI=1S/C19H29N5O3/c1-5-6-11-24-16(20)15(17(25)21-19(24)27)23(12-9-13(2)3)18(26)14-8-7-10-22(14)4/h7-8,10,13H,5-6,9,11-12,20H2,1-4H3,(H,21,25,27). The van der Waals surface area contributed by atoms with Gasteiger partial charge in [-0.25, -0.2) is 4.79 Å². The van der Waals surface area contributed by atoms with Gasteiger partial charge in [0, 0.05) is 26.3 Å².